The van der Waals surface area contributed by atoms with Crippen molar-refractivity contribution in [3.63, 3.8) is 0 Å². The summed E-state index contributed by atoms with van der Waals surface area (Å²) in [5, 5.41) is 13.8. The molecule has 0 saturated carbocycles. The quantitative estimate of drug-likeness (QED) is 0.658. The summed E-state index contributed by atoms with van der Waals surface area (Å²) in [6.07, 6.45) is 2.53. The van der Waals surface area contributed by atoms with E-state index >= 15 is 0 Å². The first-order valence-corrected chi connectivity index (χ1v) is 5.34. The average Bonchev–Trinajstić information content (AvgIpc) is 2.39. The summed E-state index contributed by atoms with van der Waals surface area (Å²) in [6.45, 7) is 0. The van der Waals surface area contributed by atoms with Gasteiger partial charge in [0.25, 0.3) is 5.91 Å². The molecule has 0 saturated heterocycles. The topological polar surface area (TPSA) is 65.3 Å². The Labute approximate surface area is 104 Å². The monoisotopic (exact) mass is 244 g/mol. The minimum atomic E-state index is -0.357. The van der Waals surface area contributed by atoms with Crippen LogP contribution in [0.1, 0.15) is 10.4 Å². The fourth-order valence-electron chi connectivity index (χ4n) is 1.53. The van der Waals surface area contributed by atoms with Crippen LogP contribution in [0.2, 0.25) is 0 Å². The van der Waals surface area contributed by atoms with Crippen LogP contribution in [0.4, 0.5) is 5.69 Å². The van der Waals surface area contributed by atoms with Gasteiger partial charge in [0.2, 0.25) is 0 Å². The number of nitrogens with zero attached hydrogens (tertiary/aromatic N) is 1. The van der Waals surface area contributed by atoms with E-state index in [2.05, 4.69) is 5.32 Å². The highest BCUT2D eigenvalue weighted by Gasteiger charge is 2.11. The van der Waals surface area contributed by atoms with Crippen LogP contribution >= 0.6 is 0 Å². The summed E-state index contributed by atoms with van der Waals surface area (Å²) >= 11 is 0. The molecule has 0 aliphatic carbocycles. The molecule has 0 bridgehead atoms. The largest absolute Gasteiger partial charge is 0.619 e. The van der Waals surface area contributed by atoms with Crippen LogP contribution < -0.4 is 14.8 Å². The second-order valence-corrected chi connectivity index (χ2v) is 3.61. The highest BCUT2D eigenvalue weighted by atomic mass is 16.5. The maximum absolute atomic E-state index is 11.9. The van der Waals surface area contributed by atoms with Gasteiger partial charge in [-0.05, 0) is 18.2 Å². The first-order valence-electron chi connectivity index (χ1n) is 5.34. The molecule has 0 fully saturated rings. The number of pyridine rings is 1. The third kappa shape index (κ3) is 2.57. The first-order chi connectivity index (χ1) is 8.70. The van der Waals surface area contributed by atoms with Gasteiger partial charge in [0.05, 0.1) is 12.8 Å². The van der Waals surface area contributed by atoms with E-state index in [0.717, 1.165) is 0 Å². The molecule has 0 aliphatic rings. The first kappa shape index (κ1) is 11.9. The molecule has 1 amide bonds. The number of rotatable bonds is 3. The van der Waals surface area contributed by atoms with Crippen LogP contribution in [-0.4, -0.2) is 13.0 Å². The lowest BCUT2D eigenvalue weighted by atomic mass is 10.2. The van der Waals surface area contributed by atoms with E-state index in [4.69, 9.17) is 4.74 Å². The second kappa shape index (κ2) is 5.18. The minimum Gasteiger partial charge on any atom is -0.619 e. The molecule has 92 valence electrons. The molecule has 2 aromatic rings. The van der Waals surface area contributed by atoms with Crippen molar-refractivity contribution in [2.24, 2.45) is 0 Å². The number of ether oxygens (including phenoxy) is 1. The number of methoxy groups -OCH3 is 1. The van der Waals surface area contributed by atoms with Crippen molar-refractivity contribution >= 4 is 11.6 Å². The molecule has 0 unspecified atom stereocenters. The summed E-state index contributed by atoms with van der Waals surface area (Å²) in [6, 6.07) is 10.2. The van der Waals surface area contributed by atoms with Gasteiger partial charge in [-0.3, -0.25) is 4.79 Å². The summed E-state index contributed by atoms with van der Waals surface area (Å²) < 4.78 is 5.70. The summed E-state index contributed by atoms with van der Waals surface area (Å²) in [5.74, 6) is 0.210. The minimum absolute atomic E-state index is 0.290. The Morgan fingerprint density at radius 3 is 2.78 bits per heavy atom. The average molecular weight is 244 g/mol. The van der Waals surface area contributed by atoms with Crippen LogP contribution in [0.3, 0.4) is 0 Å². The molecule has 5 heteroatoms. The normalized spacial score (nSPS) is 9.83. The van der Waals surface area contributed by atoms with Crippen LogP contribution in [0.15, 0.2) is 48.8 Å². The number of hydrogen-bond donors (Lipinski definition) is 1. The van der Waals surface area contributed by atoms with Crippen molar-refractivity contribution in [1.29, 1.82) is 0 Å². The van der Waals surface area contributed by atoms with Gasteiger partial charge in [0.1, 0.15) is 11.3 Å². The highest BCUT2D eigenvalue weighted by molar-refractivity contribution is 6.04. The lowest BCUT2D eigenvalue weighted by molar-refractivity contribution is -0.605. The van der Waals surface area contributed by atoms with Crippen LogP contribution in [0.5, 0.6) is 5.75 Å². The fourth-order valence-corrected chi connectivity index (χ4v) is 1.53. The Morgan fingerprint density at radius 1 is 1.28 bits per heavy atom. The molecule has 1 heterocycles. The Balaban J connectivity index is 2.21. The van der Waals surface area contributed by atoms with Crippen molar-refractivity contribution < 1.29 is 14.3 Å². The van der Waals surface area contributed by atoms with Crippen molar-refractivity contribution in [3.05, 3.63) is 59.6 Å². The molecule has 1 aromatic heterocycles. The molecule has 5 nitrogen and oxygen atoms in total. The Morgan fingerprint density at radius 2 is 2.06 bits per heavy atom. The summed E-state index contributed by atoms with van der Waals surface area (Å²) in [4.78, 5) is 11.9. The van der Waals surface area contributed by atoms with Crippen LogP contribution in [0, 0.1) is 5.21 Å². The number of carbonyl (C=O) groups is 1. The summed E-state index contributed by atoms with van der Waals surface area (Å²) in [5.41, 5.74) is 0.852. The van der Waals surface area contributed by atoms with Crippen molar-refractivity contribution in [3.8, 4) is 5.75 Å². The molecular formula is C13H12N2O3. The molecular weight excluding hydrogens is 232 g/mol. The van der Waals surface area contributed by atoms with Gasteiger partial charge in [-0.1, -0.05) is 12.1 Å². The zero-order valence-corrected chi connectivity index (χ0v) is 9.79. The van der Waals surface area contributed by atoms with Crippen LogP contribution in [0.25, 0.3) is 0 Å². The van der Waals surface area contributed by atoms with Gasteiger partial charge in [0, 0.05) is 6.07 Å². The predicted octanol–water partition coefficient (Wildman–Crippen LogP) is 1.58. The molecule has 0 atom stereocenters. The van der Waals surface area contributed by atoms with Crippen molar-refractivity contribution in [2.75, 3.05) is 12.4 Å². The molecule has 1 aromatic carbocycles. The van der Waals surface area contributed by atoms with Gasteiger partial charge >= 0.3 is 0 Å². The Bertz CT molecular complexity index is 570. The SMILES string of the molecule is COc1ccccc1NC(=O)c1ccc[n+]([O-])c1. The standard InChI is InChI=1S/C13H12N2O3/c1-18-12-7-3-2-6-11(12)14-13(16)10-5-4-8-15(17)9-10/h2-9H,1H3,(H,14,16). The van der Waals surface area contributed by atoms with E-state index in [1.54, 1.807) is 24.3 Å². The Kier molecular flexibility index (Phi) is 3.43. The number of amides is 1. The zero-order chi connectivity index (χ0) is 13.0. The van der Waals surface area contributed by atoms with Gasteiger partial charge in [-0.15, -0.1) is 0 Å². The fraction of sp³-hybridized carbons (Fsp3) is 0.0769. The number of aromatic nitrogens is 1. The molecule has 0 aliphatic heterocycles. The van der Waals surface area contributed by atoms with E-state index in [1.165, 1.54) is 25.6 Å². The van der Waals surface area contributed by atoms with E-state index in [9.17, 15) is 10.0 Å². The second-order valence-electron chi connectivity index (χ2n) is 3.61. The van der Waals surface area contributed by atoms with Gasteiger partial charge in [0.15, 0.2) is 12.4 Å². The molecule has 0 spiro atoms. The van der Waals surface area contributed by atoms with Crippen molar-refractivity contribution in [1.82, 2.24) is 0 Å². The maximum atomic E-state index is 11.9. The lowest BCUT2D eigenvalue weighted by Gasteiger charge is -2.09. The number of para-hydroxylation sites is 2. The van der Waals surface area contributed by atoms with E-state index in [1.807, 2.05) is 6.07 Å². The predicted molar refractivity (Wildman–Crippen MR) is 66.3 cm³/mol. The molecule has 1 N–H and O–H groups in total. The zero-order valence-electron chi connectivity index (χ0n) is 9.79. The molecule has 0 radical (unpaired) electrons. The third-order valence-electron chi connectivity index (χ3n) is 2.39. The van der Waals surface area contributed by atoms with Gasteiger partial charge in [-0.2, -0.15) is 4.73 Å². The third-order valence-corrected chi connectivity index (χ3v) is 2.39. The van der Waals surface area contributed by atoms with Crippen LogP contribution in [-0.2, 0) is 0 Å². The van der Waals surface area contributed by atoms with E-state index < -0.39 is 0 Å². The smallest absolute Gasteiger partial charge is 0.261 e. The van der Waals surface area contributed by atoms with Crippen molar-refractivity contribution in [2.45, 2.75) is 0 Å². The lowest BCUT2D eigenvalue weighted by Crippen LogP contribution is -2.27. The molecule has 2 rings (SSSR count). The number of hydrogen-bond acceptors (Lipinski definition) is 3. The van der Waals surface area contributed by atoms with E-state index in [0.29, 0.717) is 21.7 Å². The highest BCUT2D eigenvalue weighted by Crippen LogP contribution is 2.23. The number of benzene rings is 1. The number of anilines is 1. The maximum Gasteiger partial charge on any atom is 0.261 e. The summed E-state index contributed by atoms with van der Waals surface area (Å²) in [7, 11) is 1.53. The van der Waals surface area contributed by atoms with E-state index in [-0.39, 0.29) is 5.91 Å². The number of nitrogens with one attached hydrogen (secondary N) is 1. The van der Waals surface area contributed by atoms with Gasteiger partial charge < -0.3 is 15.3 Å². The van der Waals surface area contributed by atoms with Gasteiger partial charge in [-0.25, -0.2) is 0 Å². The Hall–Kier alpha value is -2.56. The number of carbonyl (C=O) groups excluding carboxylic acids is 1. The molecule has 18 heavy (non-hydrogen) atoms.